The summed E-state index contributed by atoms with van der Waals surface area (Å²) in [5, 5.41) is 19.0. The molecule has 2 aromatic rings. The number of hydrogen-bond donors (Lipinski definition) is 2. The number of aromatic hydroxyl groups is 2. The van der Waals surface area contributed by atoms with Crippen LogP contribution >= 0.6 is 0 Å². The van der Waals surface area contributed by atoms with Crippen molar-refractivity contribution in [3.63, 3.8) is 0 Å². The maximum absolute atomic E-state index is 12.4. The van der Waals surface area contributed by atoms with Crippen molar-refractivity contribution in [2.45, 2.75) is 13.8 Å². The largest absolute Gasteiger partial charge is 0.504 e. The van der Waals surface area contributed by atoms with Gasteiger partial charge in [-0.3, -0.25) is 9.59 Å². The van der Waals surface area contributed by atoms with E-state index in [1.807, 2.05) is 19.1 Å². The molecule has 0 heterocycles. The fourth-order valence-electron chi connectivity index (χ4n) is 1.89. The van der Waals surface area contributed by atoms with Crippen LogP contribution in [0.3, 0.4) is 0 Å². The highest BCUT2D eigenvalue weighted by Gasteiger charge is 2.14. The van der Waals surface area contributed by atoms with Crippen molar-refractivity contribution in [3.8, 4) is 11.5 Å². The molecule has 2 N–H and O–H groups in total. The van der Waals surface area contributed by atoms with Gasteiger partial charge in [-0.05, 0) is 31.5 Å². The highest BCUT2D eigenvalue weighted by molar-refractivity contribution is 6.10. The van der Waals surface area contributed by atoms with Crippen LogP contribution in [-0.4, -0.2) is 16.0 Å². The molecular weight excluding hydrogens is 256 g/mol. The molecule has 0 saturated carbocycles. The van der Waals surface area contributed by atoms with Gasteiger partial charge in [0.1, 0.15) is 0 Å². The van der Waals surface area contributed by atoms with E-state index in [-0.39, 0.29) is 11.3 Å². The zero-order chi connectivity index (χ0) is 14.9. The van der Waals surface area contributed by atoms with Gasteiger partial charge in [0, 0.05) is 11.1 Å². The molecule has 0 atom stereocenters. The minimum absolute atomic E-state index is 0.184. The van der Waals surface area contributed by atoms with Gasteiger partial charge in [-0.2, -0.15) is 0 Å². The molecule has 0 aliphatic rings. The van der Waals surface area contributed by atoms with Crippen molar-refractivity contribution >= 4 is 5.78 Å². The molecule has 0 aliphatic heterocycles. The van der Waals surface area contributed by atoms with Crippen LogP contribution in [0, 0.1) is 13.8 Å². The Morgan fingerprint density at radius 2 is 1.60 bits per heavy atom. The van der Waals surface area contributed by atoms with Crippen LogP contribution in [0.4, 0.5) is 0 Å². The first-order valence-corrected chi connectivity index (χ1v) is 6.08. The average Bonchev–Trinajstić information content (AvgIpc) is 2.51. The summed E-state index contributed by atoms with van der Waals surface area (Å²) in [4.78, 5) is 23.9. The molecule has 2 rings (SSSR count). The van der Waals surface area contributed by atoms with Gasteiger partial charge in [0.15, 0.2) is 11.5 Å². The van der Waals surface area contributed by atoms with Crippen LogP contribution in [0.2, 0.25) is 0 Å². The van der Waals surface area contributed by atoms with E-state index in [2.05, 4.69) is 0 Å². The van der Waals surface area contributed by atoms with E-state index in [9.17, 15) is 19.8 Å². The first kappa shape index (κ1) is 13.8. The molecule has 0 aliphatic carbocycles. The first-order chi connectivity index (χ1) is 9.40. The molecule has 0 bridgehead atoms. The van der Waals surface area contributed by atoms with Crippen LogP contribution in [0.15, 0.2) is 41.2 Å². The summed E-state index contributed by atoms with van der Waals surface area (Å²) in [6.07, 6.45) is 0. The average molecular weight is 270 g/mol. The monoisotopic (exact) mass is 270 g/mol. The van der Waals surface area contributed by atoms with Gasteiger partial charge >= 0.3 is 0 Å². The minimum atomic E-state index is -0.754. The quantitative estimate of drug-likeness (QED) is 0.821. The molecule has 0 radical (unpaired) electrons. The Morgan fingerprint density at radius 1 is 1.00 bits per heavy atom. The Balaban J connectivity index is 2.61. The molecule has 2 aromatic carbocycles. The second-order valence-electron chi connectivity index (χ2n) is 4.68. The summed E-state index contributed by atoms with van der Waals surface area (Å²) in [5.41, 5.74) is 1.35. The highest BCUT2D eigenvalue weighted by atomic mass is 16.3. The van der Waals surface area contributed by atoms with E-state index in [0.717, 1.165) is 17.7 Å². The molecule has 102 valence electrons. The summed E-state index contributed by atoms with van der Waals surface area (Å²) in [6, 6.07) is 9.23. The first-order valence-electron chi connectivity index (χ1n) is 6.08. The Labute approximate surface area is 116 Å². The van der Waals surface area contributed by atoms with Crippen LogP contribution in [-0.2, 0) is 0 Å². The van der Waals surface area contributed by atoms with E-state index < -0.39 is 16.9 Å². The van der Waals surface area contributed by atoms with E-state index in [1.165, 1.54) is 0 Å². The Bertz CT molecular complexity index is 731. The lowest BCUT2D eigenvalue weighted by atomic mass is 10.0. The summed E-state index contributed by atoms with van der Waals surface area (Å²) in [6.45, 7) is 3.50. The topological polar surface area (TPSA) is 74.6 Å². The molecule has 20 heavy (non-hydrogen) atoms. The van der Waals surface area contributed by atoms with E-state index in [0.29, 0.717) is 11.1 Å². The number of carbonyl (C=O) groups excluding carboxylic acids is 1. The molecule has 0 saturated heterocycles. The van der Waals surface area contributed by atoms with Gasteiger partial charge in [0.05, 0.1) is 0 Å². The normalized spacial score (nSPS) is 10.3. The summed E-state index contributed by atoms with van der Waals surface area (Å²) >= 11 is 0. The van der Waals surface area contributed by atoms with Crippen LogP contribution < -0.4 is 5.43 Å². The second-order valence-corrected chi connectivity index (χ2v) is 4.68. The SMILES string of the molecule is Cc1ccc(C(=O)c2cc(O)c(O)c(=O)cc2C)cc1. The van der Waals surface area contributed by atoms with Crippen molar-refractivity contribution in [2.75, 3.05) is 0 Å². The van der Waals surface area contributed by atoms with Crippen LogP contribution in [0.25, 0.3) is 0 Å². The lowest BCUT2D eigenvalue weighted by Crippen LogP contribution is -2.03. The van der Waals surface area contributed by atoms with Gasteiger partial charge in [-0.25, -0.2) is 0 Å². The lowest BCUT2D eigenvalue weighted by Gasteiger charge is -2.03. The van der Waals surface area contributed by atoms with E-state index >= 15 is 0 Å². The van der Waals surface area contributed by atoms with Gasteiger partial charge in [-0.1, -0.05) is 29.8 Å². The molecule has 0 aromatic heterocycles. The maximum atomic E-state index is 12.4. The fourth-order valence-corrected chi connectivity index (χ4v) is 1.89. The fraction of sp³-hybridized carbons (Fsp3) is 0.125. The van der Waals surface area contributed by atoms with Crippen molar-refractivity contribution in [1.29, 1.82) is 0 Å². The van der Waals surface area contributed by atoms with E-state index in [4.69, 9.17) is 0 Å². The van der Waals surface area contributed by atoms with Gasteiger partial charge in [-0.15, -0.1) is 0 Å². The smallest absolute Gasteiger partial charge is 0.224 e. The molecular formula is C16H14O4. The Morgan fingerprint density at radius 3 is 2.20 bits per heavy atom. The zero-order valence-corrected chi connectivity index (χ0v) is 11.2. The van der Waals surface area contributed by atoms with Gasteiger partial charge in [0.2, 0.25) is 11.2 Å². The lowest BCUT2D eigenvalue weighted by molar-refractivity contribution is 0.103. The number of hydrogen-bond acceptors (Lipinski definition) is 4. The van der Waals surface area contributed by atoms with Crippen LogP contribution in [0.5, 0.6) is 11.5 Å². The maximum Gasteiger partial charge on any atom is 0.224 e. The standard InChI is InChI=1S/C16H14O4/c1-9-3-5-11(6-4-9)15(19)12-8-14(18)16(20)13(17)7-10(12)2/h3-8H,1-2H3,(H2,17,18,20). The number of ketones is 1. The third-order valence-electron chi connectivity index (χ3n) is 3.09. The third-order valence-corrected chi connectivity index (χ3v) is 3.09. The van der Waals surface area contributed by atoms with Crippen LogP contribution in [0.1, 0.15) is 27.0 Å². The number of benzene rings is 1. The van der Waals surface area contributed by atoms with Gasteiger partial charge in [0.25, 0.3) is 0 Å². The molecule has 0 spiro atoms. The predicted molar refractivity (Wildman–Crippen MR) is 75.4 cm³/mol. The summed E-state index contributed by atoms with van der Waals surface area (Å²) in [7, 11) is 0. The summed E-state index contributed by atoms with van der Waals surface area (Å²) < 4.78 is 0. The molecule has 4 nitrogen and oxygen atoms in total. The second kappa shape index (κ2) is 5.17. The molecule has 0 fully saturated rings. The Hall–Kier alpha value is -2.62. The van der Waals surface area contributed by atoms with E-state index in [1.54, 1.807) is 19.1 Å². The van der Waals surface area contributed by atoms with Crippen molar-refractivity contribution in [2.24, 2.45) is 0 Å². The van der Waals surface area contributed by atoms with Crippen molar-refractivity contribution < 1.29 is 15.0 Å². The molecule has 0 amide bonds. The number of rotatable bonds is 2. The van der Waals surface area contributed by atoms with Gasteiger partial charge < -0.3 is 10.2 Å². The molecule has 0 unspecified atom stereocenters. The zero-order valence-electron chi connectivity index (χ0n) is 11.2. The summed E-state index contributed by atoms with van der Waals surface area (Å²) in [5.74, 6) is -1.66. The number of carbonyl (C=O) groups is 1. The predicted octanol–water partition coefficient (Wildman–Crippen LogP) is 2.31. The number of aryl methyl sites for hydroxylation is 2. The van der Waals surface area contributed by atoms with Crippen molar-refractivity contribution in [3.05, 3.63) is 68.9 Å². The van der Waals surface area contributed by atoms with Crippen molar-refractivity contribution in [1.82, 2.24) is 0 Å². The third kappa shape index (κ3) is 2.54. The minimum Gasteiger partial charge on any atom is -0.504 e. The Kier molecular flexibility index (Phi) is 3.57. The molecule has 4 heteroatoms. The highest BCUT2D eigenvalue weighted by Crippen LogP contribution is 2.23.